The fourth-order valence-corrected chi connectivity index (χ4v) is 5.40. The molecule has 1 amide bonds. The van der Waals surface area contributed by atoms with Crippen molar-refractivity contribution in [2.75, 3.05) is 20.3 Å². The number of ether oxygens (including phenoxy) is 1. The van der Waals surface area contributed by atoms with Crippen LogP contribution in [0.3, 0.4) is 0 Å². The molecule has 1 aliphatic carbocycles. The lowest BCUT2D eigenvalue weighted by molar-refractivity contribution is 0.0937. The number of rotatable bonds is 7. The molecular formula is C28H31FN4O2. The Morgan fingerprint density at radius 3 is 2.77 bits per heavy atom. The van der Waals surface area contributed by atoms with Gasteiger partial charge in [-0.25, -0.2) is 9.37 Å². The van der Waals surface area contributed by atoms with E-state index >= 15 is 0 Å². The van der Waals surface area contributed by atoms with Gasteiger partial charge in [0.1, 0.15) is 11.6 Å². The summed E-state index contributed by atoms with van der Waals surface area (Å²) in [5.74, 6) is 1.86. The van der Waals surface area contributed by atoms with Gasteiger partial charge in [0, 0.05) is 36.7 Å². The Morgan fingerprint density at radius 1 is 1.14 bits per heavy atom. The van der Waals surface area contributed by atoms with Crippen LogP contribution < -0.4 is 5.32 Å². The number of methoxy groups -OCH3 is 1. The average Bonchev–Trinajstić information content (AvgIpc) is 3.31. The molecule has 0 radical (unpaired) electrons. The predicted molar refractivity (Wildman–Crippen MR) is 135 cm³/mol. The van der Waals surface area contributed by atoms with Gasteiger partial charge in [-0.05, 0) is 85.5 Å². The Kier molecular flexibility index (Phi) is 6.77. The molecule has 0 spiro atoms. The number of halogens is 1. The minimum absolute atomic E-state index is 0.122. The maximum atomic E-state index is 13.9. The fraction of sp³-hybridized carbons (Fsp3) is 0.393. The number of carbonyl (C=O) groups is 1. The zero-order valence-electron chi connectivity index (χ0n) is 20.2. The van der Waals surface area contributed by atoms with Gasteiger partial charge < -0.3 is 15.0 Å². The number of amides is 1. The zero-order chi connectivity index (χ0) is 24.4. The number of nitrogens with zero attached hydrogens (tertiary/aromatic N) is 2. The van der Waals surface area contributed by atoms with Crippen LogP contribution in [0.5, 0.6) is 0 Å². The molecule has 2 N–H and O–H groups in total. The lowest BCUT2D eigenvalue weighted by atomic mass is 9.73. The number of nitrogens with one attached hydrogen (secondary N) is 2. The van der Waals surface area contributed by atoms with E-state index in [1.54, 1.807) is 19.2 Å². The van der Waals surface area contributed by atoms with Gasteiger partial charge in [0.15, 0.2) is 0 Å². The monoisotopic (exact) mass is 474 g/mol. The van der Waals surface area contributed by atoms with Crippen molar-refractivity contribution in [3.8, 4) is 0 Å². The Hall–Kier alpha value is -3.32. The van der Waals surface area contributed by atoms with Crippen LogP contribution in [-0.2, 0) is 4.74 Å². The first-order valence-electron chi connectivity index (χ1n) is 12.3. The van der Waals surface area contributed by atoms with Crippen LogP contribution >= 0.6 is 0 Å². The summed E-state index contributed by atoms with van der Waals surface area (Å²) in [6, 6.07) is 12.5. The van der Waals surface area contributed by atoms with E-state index in [1.165, 1.54) is 11.6 Å². The van der Waals surface area contributed by atoms with Gasteiger partial charge in [0.05, 0.1) is 23.2 Å². The number of imidazole rings is 1. The summed E-state index contributed by atoms with van der Waals surface area (Å²) < 4.78 is 18.9. The van der Waals surface area contributed by atoms with Crippen LogP contribution in [0.2, 0.25) is 0 Å². The highest BCUT2D eigenvalue weighted by Gasteiger charge is 2.29. The molecule has 1 fully saturated rings. The van der Waals surface area contributed by atoms with Crippen LogP contribution in [-0.4, -0.2) is 41.1 Å². The van der Waals surface area contributed by atoms with Crippen LogP contribution in [0.1, 0.15) is 66.2 Å². The van der Waals surface area contributed by atoms with Crippen molar-refractivity contribution in [3.05, 3.63) is 71.4 Å². The van der Waals surface area contributed by atoms with Crippen LogP contribution in [0.4, 0.5) is 4.39 Å². The molecule has 4 aromatic rings. The number of H-pyrrole nitrogens is 1. The molecule has 6 nitrogen and oxygen atoms in total. The summed E-state index contributed by atoms with van der Waals surface area (Å²) in [6.45, 7) is 3.19. The van der Waals surface area contributed by atoms with Gasteiger partial charge in [0.25, 0.3) is 5.91 Å². The van der Waals surface area contributed by atoms with Crippen molar-refractivity contribution >= 4 is 27.8 Å². The Balaban J connectivity index is 1.27. The molecule has 182 valence electrons. The molecule has 2 aromatic carbocycles. The lowest BCUT2D eigenvalue weighted by Gasteiger charge is -2.32. The predicted octanol–water partition coefficient (Wildman–Crippen LogP) is 5.70. The maximum Gasteiger partial charge on any atom is 0.251 e. The third-order valence-corrected chi connectivity index (χ3v) is 7.44. The second-order valence-electron chi connectivity index (χ2n) is 9.56. The molecule has 0 bridgehead atoms. The summed E-state index contributed by atoms with van der Waals surface area (Å²) >= 11 is 0. The molecule has 0 aliphatic heterocycles. The van der Waals surface area contributed by atoms with E-state index in [2.05, 4.69) is 28.3 Å². The number of aromatic nitrogens is 3. The Bertz CT molecular complexity index is 1340. The number of aromatic amines is 1. The normalized spacial score (nSPS) is 19.2. The van der Waals surface area contributed by atoms with Crippen molar-refractivity contribution < 1.29 is 13.9 Å². The van der Waals surface area contributed by atoms with E-state index in [1.807, 2.05) is 24.4 Å². The smallest absolute Gasteiger partial charge is 0.251 e. The van der Waals surface area contributed by atoms with Gasteiger partial charge >= 0.3 is 0 Å². The molecule has 0 saturated heterocycles. The number of hydrogen-bond acceptors (Lipinski definition) is 4. The van der Waals surface area contributed by atoms with Crippen molar-refractivity contribution in [2.45, 2.75) is 44.4 Å². The highest BCUT2D eigenvalue weighted by atomic mass is 19.1. The second-order valence-corrected chi connectivity index (χ2v) is 9.56. The standard InChI is InChI=1S/C28H31FN4O2/c1-17(27-32-25-9-7-20(15-26(25)33-27)28(34)31-13-14-35-2)18-3-5-19(6-4-18)22-11-12-30-24-10-8-21(29)16-23(22)24/h7-12,15-19H,3-6,13-14H2,1-2H3,(H,31,34)(H,32,33)/t17?,18-,19+. The van der Waals surface area contributed by atoms with E-state index < -0.39 is 0 Å². The van der Waals surface area contributed by atoms with Gasteiger partial charge in [0.2, 0.25) is 0 Å². The molecule has 1 atom stereocenters. The van der Waals surface area contributed by atoms with Crippen molar-refractivity contribution in [3.63, 3.8) is 0 Å². The number of fused-ring (bicyclic) bond motifs is 2. The quantitative estimate of drug-likeness (QED) is 0.337. The molecule has 7 heteroatoms. The third kappa shape index (κ3) is 4.91. The molecule has 1 saturated carbocycles. The zero-order valence-corrected chi connectivity index (χ0v) is 20.2. The first kappa shape index (κ1) is 23.4. The van der Waals surface area contributed by atoms with Gasteiger partial charge in [-0.2, -0.15) is 0 Å². The summed E-state index contributed by atoms with van der Waals surface area (Å²) in [4.78, 5) is 25.1. The van der Waals surface area contributed by atoms with E-state index in [9.17, 15) is 9.18 Å². The van der Waals surface area contributed by atoms with Crippen molar-refractivity contribution in [1.82, 2.24) is 20.3 Å². The topological polar surface area (TPSA) is 79.9 Å². The third-order valence-electron chi connectivity index (χ3n) is 7.44. The number of pyridine rings is 1. The van der Waals surface area contributed by atoms with Gasteiger partial charge in [-0.3, -0.25) is 9.78 Å². The molecule has 35 heavy (non-hydrogen) atoms. The van der Waals surface area contributed by atoms with E-state index in [0.29, 0.717) is 30.6 Å². The highest BCUT2D eigenvalue weighted by molar-refractivity contribution is 5.97. The Labute approximate surface area is 204 Å². The molecule has 2 aromatic heterocycles. The maximum absolute atomic E-state index is 13.9. The number of benzene rings is 2. The van der Waals surface area contributed by atoms with E-state index in [0.717, 1.165) is 53.4 Å². The number of hydrogen-bond donors (Lipinski definition) is 2. The Morgan fingerprint density at radius 2 is 1.97 bits per heavy atom. The lowest BCUT2D eigenvalue weighted by Crippen LogP contribution is -2.26. The van der Waals surface area contributed by atoms with Crippen LogP contribution in [0.25, 0.3) is 21.9 Å². The van der Waals surface area contributed by atoms with Crippen molar-refractivity contribution in [2.24, 2.45) is 5.92 Å². The second kappa shape index (κ2) is 10.1. The van der Waals surface area contributed by atoms with E-state index in [4.69, 9.17) is 9.72 Å². The average molecular weight is 475 g/mol. The van der Waals surface area contributed by atoms with Gasteiger partial charge in [-0.15, -0.1) is 0 Å². The highest BCUT2D eigenvalue weighted by Crippen LogP contribution is 2.43. The fourth-order valence-electron chi connectivity index (χ4n) is 5.40. The molecular weight excluding hydrogens is 443 g/mol. The summed E-state index contributed by atoms with van der Waals surface area (Å²) in [5, 5.41) is 3.78. The SMILES string of the molecule is COCCNC(=O)c1ccc2[nH]c(C(C)[C@H]3CC[C@@H](c4ccnc5ccc(F)cc54)CC3)nc2c1. The first-order valence-corrected chi connectivity index (χ1v) is 12.3. The van der Waals surface area contributed by atoms with Crippen molar-refractivity contribution in [1.29, 1.82) is 0 Å². The van der Waals surface area contributed by atoms with Crippen LogP contribution in [0.15, 0.2) is 48.7 Å². The molecule has 1 aliphatic rings. The first-order chi connectivity index (χ1) is 17.0. The minimum Gasteiger partial charge on any atom is -0.383 e. The largest absolute Gasteiger partial charge is 0.383 e. The van der Waals surface area contributed by atoms with E-state index in [-0.39, 0.29) is 17.6 Å². The van der Waals surface area contributed by atoms with Gasteiger partial charge in [-0.1, -0.05) is 6.92 Å². The number of carbonyl (C=O) groups excluding carboxylic acids is 1. The molecule has 1 unspecified atom stereocenters. The summed E-state index contributed by atoms with van der Waals surface area (Å²) in [5.41, 5.74) is 4.42. The minimum atomic E-state index is -0.213. The molecule has 5 rings (SSSR count). The molecule has 2 heterocycles. The summed E-state index contributed by atoms with van der Waals surface area (Å²) in [7, 11) is 1.61. The van der Waals surface area contributed by atoms with Crippen LogP contribution in [0, 0.1) is 11.7 Å². The summed E-state index contributed by atoms with van der Waals surface area (Å²) in [6.07, 6.45) is 6.16.